The summed E-state index contributed by atoms with van der Waals surface area (Å²) in [5.41, 5.74) is 5.90. The highest BCUT2D eigenvalue weighted by atomic mass is 16.1. The molecule has 0 atom stereocenters. The van der Waals surface area contributed by atoms with Crippen LogP contribution in [0.1, 0.15) is 35.7 Å². The van der Waals surface area contributed by atoms with Gasteiger partial charge in [0.05, 0.1) is 22.6 Å². The van der Waals surface area contributed by atoms with Crippen LogP contribution in [0.25, 0.3) is 22.2 Å². The van der Waals surface area contributed by atoms with Crippen molar-refractivity contribution in [3.05, 3.63) is 53.6 Å². The number of carbonyl (C=O) groups excluding carboxylic acids is 1. The minimum atomic E-state index is -0.216. The van der Waals surface area contributed by atoms with E-state index >= 15 is 0 Å². The highest BCUT2D eigenvalue weighted by molar-refractivity contribution is 6.08. The molecule has 0 spiro atoms. The van der Waals surface area contributed by atoms with Crippen LogP contribution in [-0.4, -0.2) is 30.5 Å². The van der Waals surface area contributed by atoms with Crippen LogP contribution >= 0.6 is 0 Å². The number of benzene rings is 1. The van der Waals surface area contributed by atoms with Gasteiger partial charge in [-0.05, 0) is 44.0 Å². The average molecular weight is 390 g/mol. The quantitative estimate of drug-likeness (QED) is 0.533. The van der Waals surface area contributed by atoms with Crippen molar-refractivity contribution >= 4 is 22.5 Å². The smallest absolute Gasteiger partial charge is 0.273 e. The molecular formula is C22H26N6O. The molecule has 0 unspecified atom stereocenters. The van der Waals surface area contributed by atoms with Crippen molar-refractivity contribution in [2.24, 2.45) is 13.0 Å². The van der Waals surface area contributed by atoms with E-state index in [-0.39, 0.29) is 5.91 Å². The SMILES string of the molecule is Cc1nn(C)c(C)c1-c1cc(C(=O)Nc2cccc3c2ccn3CC(C)C)[nH]n1. The third-order valence-corrected chi connectivity index (χ3v) is 5.21. The first-order chi connectivity index (χ1) is 13.8. The first-order valence-corrected chi connectivity index (χ1v) is 9.80. The summed E-state index contributed by atoms with van der Waals surface area (Å²) in [6.07, 6.45) is 2.07. The molecule has 2 N–H and O–H groups in total. The Labute approximate surface area is 169 Å². The topological polar surface area (TPSA) is 80.5 Å². The molecule has 0 radical (unpaired) electrons. The number of aromatic nitrogens is 5. The Morgan fingerprint density at radius 2 is 2.03 bits per heavy atom. The number of H-pyrrole nitrogens is 1. The molecule has 29 heavy (non-hydrogen) atoms. The Hall–Kier alpha value is -3.35. The zero-order chi connectivity index (χ0) is 20.7. The normalized spacial score (nSPS) is 11.5. The molecule has 3 heterocycles. The second-order valence-corrected chi connectivity index (χ2v) is 7.89. The van der Waals surface area contributed by atoms with Crippen molar-refractivity contribution in [3.8, 4) is 11.3 Å². The monoisotopic (exact) mass is 390 g/mol. The fourth-order valence-corrected chi connectivity index (χ4v) is 3.79. The van der Waals surface area contributed by atoms with Gasteiger partial charge in [-0.1, -0.05) is 19.9 Å². The maximum absolute atomic E-state index is 12.9. The van der Waals surface area contributed by atoms with E-state index in [2.05, 4.69) is 51.3 Å². The van der Waals surface area contributed by atoms with E-state index in [0.717, 1.165) is 45.8 Å². The molecule has 0 bridgehead atoms. The standard InChI is InChI=1S/C22H26N6O/c1-13(2)12-28-10-9-16-17(7-6-8-20(16)28)23-22(29)19-11-18(24-25-19)21-14(3)26-27(5)15(21)4/h6-11,13H,12H2,1-5H3,(H,23,29)(H,24,25). The largest absolute Gasteiger partial charge is 0.347 e. The third-order valence-electron chi connectivity index (χ3n) is 5.21. The van der Waals surface area contributed by atoms with Gasteiger partial charge in [0.1, 0.15) is 5.69 Å². The lowest BCUT2D eigenvalue weighted by atomic mass is 10.1. The number of aromatic amines is 1. The molecule has 0 aliphatic carbocycles. The van der Waals surface area contributed by atoms with Crippen molar-refractivity contribution < 1.29 is 4.79 Å². The zero-order valence-electron chi connectivity index (χ0n) is 17.4. The number of anilines is 1. The van der Waals surface area contributed by atoms with Crippen molar-refractivity contribution in [2.45, 2.75) is 34.2 Å². The number of rotatable bonds is 5. The van der Waals surface area contributed by atoms with Gasteiger partial charge >= 0.3 is 0 Å². The summed E-state index contributed by atoms with van der Waals surface area (Å²) in [5, 5.41) is 15.7. The summed E-state index contributed by atoms with van der Waals surface area (Å²) < 4.78 is 4.04. The van der Waals surface area contributed by atoms with Crippen LogP contribution in [0.4, 0.5) is 5.69 Å². The molecule has 150 valence electrons. The summed E-state index contributed by atoms with van der Waals surface area (Å²) >= 11 is 0. The Kier molecular flexibility index (Phi) is 4.74. The maximum Gasteiger partial charge on any atom is 0.273 e. The molecule has 0 fully saturated rings. The Morgan fingerprint density at radius 1 is 1.24 bits per heavy atom. The molecule has 0 saturated heterocycles. The predicted molar refractivity (Wildman–Crippen MR) is 115 cm³/mol. The Bertz CT molecular complexity index is 1190. The minimum absolute atomic E-state index is 0.216. The first kappa shape index (κ1) is 19.0. The highest BCUT2D eigenvalue weighted by Crippen LogP contribution is 2.27. The molecule has 1 amide bonds. The van der Waals surface area contributed by atoms with E-state index in [4.69, 9.17) is 0 Å². The number of fused-ring (bicyclic) bond motifs is 1. The third kappa shape index (κ3) is 3.44. The molecule has 1 aromatic carbocycles. The van der Waals surface area contributed by atoms with Gasteiger partial charge < -0.3 is 9.88 Å². The fourth-order valence-electron chi connectivity index (χ4n) is 3.79. The number of aryl methyl sites for hydroxylation is 2. The molecule has 7 nitrogen and oxygen atoms in total. The maximum atomic E-state index is 12.9. The van der Waals surface area contributed by atoms with Gasteiger partial charge in [-0.25, -0.2) is 0 Å². The first-order valence-electron chi connectivity index (χ1n) is 9.80. The van der Waals surface area contributed by atoms with Gasteiger partial charge in [-0.2, -0.15) is 10.2 Å². The van der Waals surface area contributed by atoms with Crippen molar-refractivity contribution in [3.63, 3.8) is 0 Å². The lowest BCUT2D eigenvalue weighted by Gasteiger charge is -2.10. The summed E-state index contributed by atoms with van der Waals surface area (Å²) in [6, 6.07) is 9.79. The summed E-state index contributed by atoms with van der Waals surface area (Å²) in [5.74, 6) is 0.332. The summed E-state index contributed by atoms with van der Waals surface area (Å²) in [4.78, 5) is 12.9. The average Bonchev–Trinajstić information content (AvgIpc) is 3.35. The lowest BCUT2D eigenvalue weighted by Crippen LogP contribution is -2.12. The van der Waals surface area contributed by atoms with Crippen LogP contribution in [0.15, 0.2) is 36.5 Å². The highest BCUT2D eigenvalue weighted by Gasteiger charge is 2.18. The van der Waals surface area contributed by atoms with E-state index in [1.54, 1.807) is 6.07 Å². The minimum Gasteiger partial charge on any atom is -0.347 e. The number of carbonyl (C=O) groups is 1. The van der Waals surface area contributed by atoms with Crippen LogP contribution in [0, 0.1) is 19.8 Å². The fraction of sp³-hybridized carbons (Fsp3) is 0.318. The number of hydrogen-bond donors (Lipinski definition) is 2. The molecule has 3 aromatic heterocycles. The van der Waals surface area contributed by atoms with Crippen LogP contribution < -0.4 is 5.32 Å². The van der Waals surface area contributed by atoms with Gasteiger partial charge in [0, 0.05) is 36.4 Å². The molecular weight excluding hydrogens is 364 g/mol. The van der Waals surface area contributed by atoms with Gasteiger partial charge in [-0.15, -0.1) is 0 Å². The van der Waals surface area contributed by atoms with E-state index in [1.165, 1.54) is 0 Å². The zero-order valence-corrected chi connectivity index (χ0v) is 17.4. The van der Waals surface area contributed by atoms with E-state index in [1.807, 2.05) is 43.8 Å². The van der Waals surface area contributed by atoms with E-state index in [0.29, 0.717) is 11.6 Å². The molecule has 0 saturated carbocycles. The second-order valence-electron chi connectivity index (χ2n) is 7.89. The van der Waals surface area contributed by atoms with Gasteiger partial charge in [0.2, 0.25) is 0 Å². The predicted octanol–water partition coefficient (Wildman–Crippen LogP) is 4.29. The Morgan fingerprint density at radius 3 is 2.72 bits per heavy atom. The van der Waals surface area contributed by atoms with Crippen LogP contribution in [0.5, 0.6) is 0 Å². The van der Waals surface area contributed by atoms with Gasteiger partial charge in [-0.3, -0.25) is 14.6 Å². The number of amides is 1. The molecule has 0 aliphatic heterocycles. The molecule has 0 aliphatic rings. The van der Waals surface area contributed by atoms with E-state index < -0.39 is 0 Å². The van der Waals surface area contributed by atoms with Crippen LogP contribution in [-0.2, 0) is 13.6 Å². The summed E-state index contributed by atoms with van der Waals surface area (Å²) in [6.45, 7) is 9.26. The van der Waals surface area contributed by atoms with Gasteiger partial charge in [0.25, 0.3) is 5.91 Å². The number of nitrogens with zero attached hydrogens (tertiary/aromatic N) is 4. The number of nitrogens with one attached hydrogen (secondary N) is 2. The van der Waals surface area contributed by atoms with Crippen LogP contribution in [0.3, 0.4) is 0 Å². The van der Waals surface area contributed by atoms with E-state index in [9.17, 15) is 4.79 Å². The molecule has 4 rings (SSSR count). The molecule has 4 aromatic rings. The summed E-state index contributed by atoms with van der Waals surface area (Å²) in [7, 11) is 1.90. The lowest BCUT2D eigenvalue weighted by molar-refractivity contribution is 0.102. The van der Waals surface area contributed by atoms with Gasteiger partial charge in [0.15, 0.2) is 0 Å². The van der Waals surface area contributed by atoms with Crippen molar-refractivity contribution in [1.82, 2.24) is 24.5 Å². The second kappa shape index (κ2) is 7.24. The number of hydrogen-bond acceptors (Lipinski definition) is 3. The Balaban J connectivity index is 1.61. The van der Waals surface area contributed by atoms with Crippen molar-refractivity contribution in [1.29, 1.82) is 0 Å². The van der Waals surface area contributed by atoms with Crippen LogP contribution in [0.2, 0.25) is 0 Å². The molecule has 7 heteroatoms. The van der Waals surface area contributed by atoms with Crippen molar-refractivity contribution in [2.75, 3.05) is 5.32 Å².